The Kier molecular flexibility index (Phi) is 6.68. The molecule has 152 valence electrons. The number of hydrogen-bond donors (Lipinski definition) is 1. The van der Waals surface area contributed by atoms with Crippen molar-refractivity contribution in [2.24, 2.45) is 4.99 Å². The number of carbonyl (C=O) groups is 1. The SMILES string of the molecule is CCc1cc(I)c2c(c1)[C@@H](CCCCCC1=NC(=O)c3ccccc3C1)CCN2. The van der Waals surface area contributed by atoms with Crippen LogP contribution in [0, 0.1) is 3.57 Å². The number of nitrogens with zero attached hydrogens (tertiary/aromatic N) is 1. The molecule has 0 fully saturated rings. The molecule has 4 heteroatoms. The van der Waals surface area contributed by atoms with Crippen LogP contribution in [-0.2, 0) is 12.8 Å². The molecule has 0 radical (unpaired) electrons. The molecule has 2 aliphatic heterocycles. The van der Waals surface area contributed by atoms with E-state index in [1.807, 2.05) is 18.2 Å². The van der Waals surface area contributed by atoms with Crippen molar-refractivity contribution in [3.63, 3.8) is 0 Å². The molecule has 0 spiro atoms. The second-order valence-corrected chi connectivity index (χ2v) is 9.39. The molecule has 0 saturated heterocycles. The molecule has 0 aromatic heterocycles. The molecule has 2 heterocycles. The zero-order valence-electron chi connectivity index (χ0n) is 17.1. The minimum absolute atomic E-state index is 0.0607. The molecule has 0 aliphatic carbocycles. The molecule has 2 aromatic carbocycles. The van der Waals surface area contributed by atoms with Crippen molar-refractivity contribution < 1.29 is 4.79 Å². The van der Waals surface area contributed by atoms with Gasteiger partial charge in [0.05, 0.1) is 5.69 Å². The zero-order chi connectivity index (χ0) is 20.2. The fraction of sp³-hybridized carbons (Fsp3) is 0.440. The van der Waals surface area contributed by atoms with Crippen molar-refractivity contribution in [1.82, 2.24) is 0 Å². The lowest BCUT2D eigenvalue weighted by Crippen LogP contribution is -2.18. The van der Waals surface area contributed by atoms with E-state index in [2.05, 4.69) is 58.0 Å². The molecule has 2 aliphatic rings. The summed E-state index contributed by atoms with van der Waals surface area (Å²) in [4.78, 5) is 16.5. The highest BCUT2D eigenvalue weighted by molar-refractivity contribution is 14.1. The molecule has 4 rings (SSSR count). The number of aliphatic imine (C=N–C) groups is 1. The van der Waals surface area contributed by atoms with E-state index in [0.717, 1.165) is 49.1 Å². The van der Waals surface area contributed by atoms with E-state index < -0.39 is 0 Å². The normalized spacial score (nSPS) is 17.9. The third-order valence-electron chi connectivity index (χ3n) is 6.24. The van der Waals surface area contributed by atoms with Gasteiger partial charge in [-0.2, -0.15) is 0 Å². The van der Waals surface area contributed by atoms with Crippen molar-refractivity contribution >= 4 is 39.9 Å². The number of unbranched alkanes of at least 4 members (excludes halogenated alkanes) is 2. The Hall–Kier alpha value is -1.69. The van der Waals surface area contributed by atoms with Crippen LogP contribution < -0.4 is 5.32 Å². The number of anilines is 1. The molecule has 1 amide bonds. The number of aryl methyl sites for hydroxylation is 1. The molecule has 0 unspecified atom stereocenters. The summed E-state index contributed by atoms with van der Waals surface area (Å²) < 4.78 is 1.36. The Morgan fingerprint density at radius 3 is 2.90 bits per heavy atom. The van der Waals surface area contributed by atoms with Crippen molar-refractivity contribution in [2.75, 3.05) is 11.9 Å². The van der Waals surface area contributed by atoms with Gasteiger partial charge in [0.15, 0.2) is 0 Å². The monoisotopic (exact) mass is 500 g/mol. The van der Waals surface area contributed by atoms with Gasteiger partial charge in [-0.3, -0.25) is 4.79 Å². The molecular formula is C25H29IN2O. The summed E-state index contributed by atoms with van der Waals surface area (Å²) in [7, 11) is 0. The van der Waals surface area contributed by atoms with E-state index in [1.54, 1.807) is 0 Å². The van der Waals surface area contributed by atoms with Crippen LogP contribution in [0.25, 0.3) is 0 Å². The summed E-state index contributed by atoms with van der Waals surface area (Å²) >= 11 is 2.48. The van der Waals surface area contributed by atoms with Gasteiger partial charge in [0, 0.05) is 27.8 Å². The summed E-state index contributed by atoms with van der Waals surface area (Å²) in [5, 5.41) is 3.61. The Morgan fingerprint density at radius 1 is 1.17 bits per heavy atom. The standard InChI is InChI=1S/C25H29IN2O/c1-2-17-14-22-18(12-13-27-24(22)23(26)15-17)8-4-3-5-10-20-16-19-9-6-7-11-21(19)25(29)28-20/h6-7,9,11,14-15,18,27H,2-5,8,10,12-13,16H2,1H3/t18-/m0/s1. The molecule has 1 N–H and O–H groups in total. The summed E-state index contributed by atoms with van der Waals surface area (Å²) in [6.45, 7) is 3.32. The van der Waals surface area contributed by atoms with Crippen LogP contribution >= 0.6 is 22.6 Å². The predicted molar refractivity (Wildman–Crippen MR) is 129 cm³/mol. The number of hydrogen-bond acceptors (Lipinski definition) is 2. The first-order valence-electron chi connectivity index (χ1n) is 10.9. The third kappa shape index (κ3) is 4.73. The second-order valence-electron chi connectivity index (χ2n) is 8.22. The Bertz CT molecular complexity index is 934. The molecule has 2 aromatic rings. The van der Waals surface area contributed by atoms with Gasteiger partial charge in [-0.25, -0.2) is 4.99 Å². The van der Waals surface area contributed by atoms with Crippen molar-refractivity contribution in [3.05, 3.63) is 62.2 Å². The zero-order valence-corrected chi connectivity index (χ0v) is 19.3. The van der Waals surface area contributed by atoms with E-state index in [-0.39, 0.29) is 5.91 Å². The molecule has 0 saturated carbocycles. The van der Waals surface area contributed by atoms with E-state index in [1.165, 1.54) is 46.1 Å². The highest BCUT2D eigenvalue weighted by atomic mass is 127. The van der Waals surface area contributed by atoms with Crippen LogP contribution in [0.2, 0.25) is 0 Å². The smallest absolute Gasteiger partial charge is 0.277 e. The van der Waals surface area contributed by atoms with E-state index >= 15 is 0 Å². The lowest BCUT2D eigenvalue weighted by Gasteiger charge is -2.28. The predicted octanol–water partition coefficient (Wildman–Crippen LogP) is 6.54. The highest BCUT2D eigenvalue weighted by Crippen LogP contribution is 2.38. The maximum atomic E-state index is 12.2. The van der Waals surface area contributed by atoms with Crippen LogP contribution in [0.3, 0.4) is 0 Å². The van der Waals surface area contributed by atoms with Crippen molar-refractivity contribution in [2.45, 2.75) is 64.2 Å². The molecule has 1 atom stereocenters. The van der Waals surface area contributed by atoms with Gasteiger partial charge in [-0.1, -0.05) is 44.0 Å². The van der Waals surface area contributed by atoms with E-state index in [0.29, 0.717) is 5.92 Å². The van der Waals surface area contributed by atoms with Gasteiger partial charge in [-0.15, -0.1) is 0 Å². The minimum Gasteiger partial charge on any atom is -0.384 e. The second kappa shape index (κ2) is 9.41. The minimum atomic E-state index is -0.0607. The Balaban J connectivity index is 1.28. The third-order valence-corrected chi connectivity index (χ3v) is 7.09. The lowest BCUT2D eigenvalue weighted by molar-refractivity contribution is 0.1000. The van der Waals surface area contributed by atoms with Gasteiger partial charge in [0.2, 0.25) is 0 Å². The molecule has 3 nitrogen and oxygen atoms in total. The summed E-state index contributed by atoms with van der Waals surface area (Å²) in [5.41, 5.74) is 7.31. The van der Waals surface area contributed by atoms with Gasteiger partial charge < -0.3 is 5.32 Å². The number of nitrogens with one attached hydrogen (secondary N) is 1. The van der Waals surface area contributed by atoms with E-state index in [4.69, 9.17) is 0 Å². The van der Waals surface area contributed by atoms with Crippen LogP contribution in [0.5, 0.6) is 0 Å². The molecule has 0 bridgehead atoms. The Morgan fingerprint density at radius 2 is 2.03 bits per heavy atom. The fourth-order valence-electron chi connectivity index (χ4n) is 4.61. The first kappa shape index (κ1) is 20.6. The summed E-state index contributed by atoms with van der Waals surface area (Å²) in [5.74, 6) is 0.612. The van der Waals surface area contributed by atoms with Crippen LogP contribution in [-0.4, -0.2) is 18.2 Å². The quantitative estimate of drug-likeness (QED) is 0.347. The van der Waals surface area contributed by atoms with Gasteiger partial charge >= 0.3 is 0 Å². The number of fused-ring (bicyclic) bond motifs is 2. The summed E-state index contributed by atoms with van der Waals surface area (Å²) in [6.07, 6.45) is 8.94. The van der Waals surface area contributed by atoms with E-state index in [9.17, 15) is 4.79 Å². The number of carbonyl (C=O) groups excluding carboxylic acids is 1. The average molecular weight is 500 g/mol. The maximum Gasteiger partial charge on any atom is 0.277 e. The van der Waals surface area contributed by atoms with Gasteiger partial charge in [0.1, 0.15) is 0 Å². The largest absolute Gasteiger partial charge is 0.384 e. The summed E-state index contributed by atoms with van der Waals surface area (Å²) in [6, 6.07) is 12.6. The topological polar surface area (TPSA) is 41.5 Å². The number of benzene rings is 2. The number of rotatable bonds is 7. The van der Waals surface area contributed by atoms with Crippen molar-refractivity contribution in [1.29, 1.82) is 0 Å². The first-order chi connectivity index (χ1) is 14.2. The van der Waals surface area contributed by atoms with Crippen LogP contribution in [0.4, 0.5) is 5.69 Å². The average Bonchev–Trinajstić information content (AvgIpc) is 2.73. The number of amides is 1. The van der Waals surface area contributed by atoms with Gasteiger partial charge in [-0.05, 0) is 89.4 Å². The Labute approximate surface area is 187 Å². The molecule has 29 heavy (non-hydrogen) atoms. The maximum absolute atomic E-state index is 12.2. The fourth-order valence-corrected chi connectivity index (χ4v) is 5.51. The van der Waals surface area contributed by atoms with Crippen molar-refractivity contribution in [3.8, 4) is 0 Å². The highest BCUT2D eigenvalue weighted by Gasteiger charge is 2.22. The lowest BCUT2D eigenvalue weighted by atomic mass is 9.85. The van der Waals surface area contributed by atoms with Gasteiger partial charge in [0.25, 0.3) is 5.91 Å². The first-order valence-corrected chi connectivity index (χ1v) is 12.0. The van der Waals surface area contributed by atoms with Crippen LogP contribution in [0.1, 0.15) is 78.4 Å². The molecular weight excluding hydrogens is 471 g/mol. The van der Waals surface area contributed by atoms with Crippen LogP contribution in [0.15, 0.2) is 41.4 Å². The number of halogens is 1.